The number of halogens is 3. The third kappa shape index (κ3) is 5.22. The van der Waals surface area contributed by atoms with Gasteiger partial charge in [-0.15, -0.1) is 0 Å². The quantitative estimate of drug-likeness (QED) is 0.496. The number of aldehydes is 1. The van der Waals surface area contributed by atoms with Crippen LogP contribution in [0.1, 0.15) is 20.3 Å². The molecule has 0 aliphatic heterocycles. The fourth-order valence-corrected chi connectivity index (χ4v) is 0.561. The first kappa shape index (κ1) is 11.9. The third-order valence-electron chi connectivity index (χ3n) is 1.47. The van der Waals surface area contributed by atoms with Crippen LogP contribution in [0.2, 0.25) is 0 Å². The Morgan fingerprint density at radius 3 is 2.15 bits per heavy atom. The molecule has 4 heteroatoms. The molecule has 13 heavy (non-hydrogen) atoms. The fraction of sp³-hybridized carbons (Fsp3) is 0.444. The summed E-state index contributed by atoms with van der Waals surface area (Å²) in [5, 5.41) is 0. The molecule has 0 radical (unpaired) electrons. The normalized spacial score (nSPS) is 14.5. The maximum atomic E-state index is 11.9. The summed E-state index contributed by atoms with van der Waals surface area (Å²) < 4.78 is 35.8. The average molecular weight is 192 g/mol. The van der Waals surface area contributed by atoms with Gasteiger partial charge in [-0.1, -0.05) is 17.7 Å². The summed E-state index contributed by atoms with van der Waals surface area (Å²) in [5.74, 6) is 0. The lowest BCUT2D eigenvalue weighted by Gasteiger charge is -2.04. The highest BCUT2D eigenvalue weighted by Crippen LogP contribution is 2.24. The molecular weight excluding hydrogens is 181 g/mol. The summed E-state index contributed by atoms with van der Waals surface area (Å²) in [6.45, 7) is 2.60. The van der Waals surface area contributed by atoms with Crippen LogP contribution in [0.3, 0.4) is 0 Å². The predicted octanol–water partition coefficient (Wildman–Crippen LogP) is 3.03. The molecule has 0 saturated heterocycles. The SMILES string of the molecule is C/C(=C\C=C(/C)C(F)(F)F)CC=O. The van der Waals surface area contributed by atoms with E-state index in [9.17, 15) is 18.0 Å². The van der Waals surface area contributed by atoms with Crippen molar-refractivity contribution in [2.24, 2.45) is 0 Å². The summed E-state index contributed by atoms with van der Waals surface area (Å²) in [6, 6.07) is 0. The molecule has 0 saturated carbocycles. The van der Waals surface area contributed by atoms with Crippen LogP contribution in [-0.4, -0.2) is 12.5 Å². The van der Waals surface area contributed by atoms with Crippen LogP contribution in [-0.2, 0) is 4.79 Å². The lowest BCUT2D eigenvalue weighted by molar-refractivity contribution is -0.107. The molecule has 0 bridgehead atoms. The zero-order valence-electron chi connectivity index (χ0n) is 7.48. The molecule has 0 aromatic heterocycles. The minimum Gasteiger partial charge on any atom is -0.303 e. The van der Waals surface area contributed by atoms with Crippen molar-refractivity contribution in [3.05, 3.63) is 23.3 Å². The third-order valence-corrected chi connectivity index (χ3v) is 1.47. The Morgan fingerprint density at radius 2 is 1.77 bits per heavy atom. The van der Waals surface area contributed by atoms with E-state index in [0.29, 0.717) is 11.9 Å². The van der Waals surface area contributed by atoms with Gasteiger partial charge in [0.15, 0.2) is 0 Å². The van der Waals surface area contributed by atoms with Gasteiger partial charge in [-0.2, -0.15) is 13.2 Å². The smallest absolute Gasteiger partial charge is 0.303 e. The highest BCUT2D eigenvalue weighted by Gasteiger charge is 2.29. The van der Waals surface area contributed by atoms with Gasteiger partial charge in [0, 0.05) is 12.0 Å². The first-order chi connectivity index (χ1) is 5.88. The summed E-state index contributed by atoms with van der Waals surface area (Å²) in [5.41, 5.74) is -0.0589. The number of alkyl halides is 3. The van der Waals surface area contributed by atoms with Gasteiger partial charge in [0.25, 0.3) is 0 Å². The number of rotatable bonds is 3. The molecule has 0 spiro atoms. The molecule has 0 atom stereocenters. The van der Waals surface area contributed by atoms with E-state index in [1.54, 1.807) is 6.92 Å². The molecule has 0 aliphatic rings. The molecule has 0 aliphatic carbocycles. The number of hydrogen-bond donors (Lipinski definition) is 0. The van der Waals surface area contributed by atoms with Crippen LogP contribution in [0.25, 0.3) is 0 Å². The van der Waals surface area contributed by atoms with E-state index in [1.165, 1.54) is 6.08 Å². The first-order valence-corrected chi connectivity index (χ1v) is 3.73. The monoisotopic (exact) mass is 192 g/mol. The predicted molar refractivity (Wildman–Crippen MR) is 44.3 cm³/mol. The van der Waals surface area contributed by atoms with Gasteiger partial charge in [0.1, 0.15) is 6.29 Å². The van der Waals surface area contributed by atoms with Crippen molar-refractivity contribution in [2.45, 2.75) is 26.4 Å². The van der Waals surface area contributed by atoms with E-state index >= 15 is 0 Å². The number of hydrogen-bond acceptors (Lipinski definition) is 1. The average Bonchev–Trinajstić information content (AvgIpc) is 1.99. The van der Waals surface area contributed by atoms with Crippen molar-refractivity contribution >= 4 is 6.29 Å². The first-order valence-electron chi connectivity index (χ1n) is 3.73. The van der Waals surface area contributed by atoms with E-state index in [0.717, 1.165) is 13.0 Å². The Hall–Kier alpha value is -1.06. The highest BCUT2D eigenvalue weighted by atomic mass is 19.4. The van der Waals surface area contributed by atoms with E-state index in [1.807, 2.05) is 0 Å². The number of carbonyl (C=O) groups excluding carboxylic acids is 1. The second kappa shape index (κ2) is 4.84. The zero-order valence-corrected chi connectivity index (χ0v) is 7.48. The fourth-order valence-electron chi connectivity index (χ4n) is 0.561. The molecule has 1 nitrogen and oxygen atoms in total. The Morgan fingerprint density at radius 1 is 1.23 bits per heavy atom. The van der Waals surface area contributed by atoms with Crippen LogP contribution >= 0.6 is 0 Å². The molecule has 0 amide bonds. The summed E-state index contributed by atoms with van der Waals surface area (Å²) >= 11 is 0. The maximum Gasteiger partial charge on any atom is 0.412 e. The zero-order chi connectivity index (χ0) is 10.5. The van der Waals surface area contributed by atoms with Crippen LogP contribution in [0, 0.1) is 0 Å². The summed E-state index contributed by atoms with van der Waals surface area (Å²) in [4.78, 5) is 9.97. The Bertz CT molecular complexity index is 236. The van der Waals surface area contributed by atoms with Crippen molar-refractivity contribution in [1.29, 1.82) is 0 Å². The van der Waals surface area contributed by atoms with Crippen molar-refractivity contribution < 1.29 is 18.0 Å². The largest absolute Gasteiger partial charge is 0.412 e. The van der Waals surface area contributed by atoms with E-state index in [-0.39, 0.29) is 6.42 Å². The molecule has 0 aromatic rings. The van der Waals surface area contributed by atoms with Gasteiger partial charge in [0.05, 0.1) is 0 Å². The lowest BCUT2D eigenvalue weighted by atomic mass is 10.2. The summed E-state index contributed by atoms with van der Waals surface area (Å²) in [6.07, 6.45) is -1.18. The molecule has 0 aromatic carbocycles. The van der Waals surface area contributed by atoms with E-state index in [2.05, 4.69) is 0 Å². The van der Waals surface area contributed by atoms with Crippen molar-refractivity contribution in [2.75, 3.05) is 0 Å². The van der Waals surface area contributed by atoms with Crippen LogP contribution in [0.5, 0.6) is 0 Å². The van der Waals surface area contributed by atoms with Crippen molar-refractivity contribution in [3.8, 4) is 0 Å². The van der Waals surface area contributed by atoms with Gasteiger partial charge in [-0.25, -0.2) is 0 Å². The molecule has 0 heterocycles. The Labute approximate surface area is 74.9 Å². The van der Waals surface area contributed by atoms with Gasteiger partial charge in [-0.3, -0.25) is 0 Å². The minimum atomic E-state index is -4.28. The van der Waals surface area contributed by atoms with E-state index in [4.69, 9.17) is 0 Å². The highest BCUT2D eigenvalue weighted by molar-refractivity contribution is 5.54. The van der Waals surface area contributed by atoms with Crippen LogP contribution < -0.4 is 0 Å². The standard InChI is InChI=1S/C9H11F3O/c1-7(5-6-13)3-4-8(2)9(10,11)12/h3-4,6H,5H2,1-2H3/b7-3+,8-4+. The van der Waals surface area contributed by atoms with Crippen LogP contribution in [0.15, 0.2) is 23.3 Å². The topological polar surface area (TPSA) is 17.1 Å². The summed E-state index contributed by atoms with van der Waals surface area (Å²) in [7, 11) is 0. The van der Waals surface area contributed by atoms with Crippen LogP contribution in [0.4, 0.5) is 13.2 Å². The van der Waals surface area contributed by atoms with E-state index < -0.39 is 11.7 Å². The molecular formula is C9H11F3O. The Kier molecular flexibility index (Phi) is 4.45. The maximum absolute atomic E-state index is 11.9. The minimum absolute atomic E-state index is 0.168. The molecule has 0 N–H and O–H groups in total. The Balaban J connectivity index is 4.41. The molecule has 0 rings (SSSR count). The second-order valence-corrected chi connectivity index (χ2v) is 2.73. The van der Waals surface area contributed by atoms with Crippen molar-refractivity contribution in [1.82, 2.24) is 0 Å². The number of carbonyl (C=O) groups is 1. The second-order valence-electron chi connectivity index (χ2n) is 2.73. The lowest BCUT2D eigenvalue weighted by Crippen LogP contribution is -2.08. The van der Waals surface area contributed by atoms with Gasteiger partial charge in [-0.05, 0) is 13.8 Å². The van der Waals surface area contributed by atoms with Gasteiger partial charge >= 0.3 is 6.18 Å². The van der Waals surface area contributed by atoms with Gasteiger partial charge in [0.2, 0.25) is 0 Å². The van der Waals surface area contributed by atoms with Crippen molar-refractivity contribution in [3.63, 3.8) is 0 Å². The molecule has 0 fully saturated rings. The number of allylic oxidation sites excluding steroid dienone is 4. The molecule has 0 unspecified atom stereocenters. The van der Waals surface area contributed by atoms with Gasteiger partial charge < -0.3 is 4.79 Å². The molecule has 74 valence electrons.